The van der Waals surface area contributed by atoms with E-state index >= 15 is 0 Å². The van der Waals surface area contributed by atoms with E-state index in [0.29, 0.717) is 5.65 Å². The average molecular weight is 390 g/mol. The van der Waals surface area contributed by atoms with E-state index in [2.05, 4.69) is 32.1 Å². The summed E-state index contributed by atoms with van der Waals surface area (Å²) in [5, 5.41) is 3.93. The minimum absolute atomic E-state index is 0.159. The van der Waals surface area contributed by atoms with Crippen molar-refractivity contribution in [3.8, 4) is 0 Å². The number of pyridine rings is 2. The number of hydrogen-bond donors (Lipinski definition) is 1. The van der Waals surface area contributed by atoms with Gasteiger partial charge in [0, 0.05) is 31.2 Å². The van der Waals surface area contributed by atoms with Gasteiger partial charge in [-0.1, -0.05) is 6.07 Å². The van der Waals surface area contributed by atoms with E-state index in [1.807, 2.05) is 32.0 Å². The van der Waals surface area contributed by atoms with Crippen LogP contribution in [0.25, 0.3) is 11.0 Å². The molecule has 4 rings (SSSR count). The highest BCUT2D eigenvalue weighted by molar-refractivity contribution is 5.97. The van der Waals surface area contributed by atoms with Crippen LogP contribution in [0.2, 0.25) is 0 Å². The Labute approximate surface area is 170 Å². The molecule has 0 aromatic carbocycles. The third-order valence-electron chi connectivity index (χ3n) is 5.36. The molecular formula is C22H26N6O. The highest BCUT2D eigenvalue weighted by Gasteiger charge is 2.22. The molecule has 150 valence electrons. The molecule has 1 aliphatic heterocycles. The number of aromatic nitrogens is 4. The van der Waals surface area contributed by atoms with Crippen LogP contribution in [0.3, 0.4) is 0 Å². The Hall–Kier alpha value is -3.09. The largest absolute Gasteiger partial charge is 0.356 e. The van der Waals surface area contributed by atoms with Gasteiger partial charge in [0.15, 0.2) is 5.65 Å². The standard InChI is InChI=1S/C22H26N6O/c1-14-12-15(2)24-19-18(14)21(28-10-5-4-6-11-28)27-20(26-19)22(29)25-16(3)17-8-7-9-23-13-17/h7-9,12-13,16H,4-6,10-11H2,1-3H3,(H,25,29)/t16-/m0/s1. The molecule has 0 aliphatic carbocycles. The molecule has 0 saturated carbocycles. The van der Waals surface area contributed by atoms with Gasteiger partial charge in [-0.05, 0) is 63.3 Å². The van der Waals surface area contributed by atoms with Crippen molar-refractivity contribution in [3.63, 3.8) is 0 Å². The number of amides is 1. The number of anilines is 1. The molecule has 1 fully saturated rings. The summed E-state index contributed by atoms with van der Waals surface area (Å²) in [5.74, 6) is 0.674. The number of piperidine rings is 1. The predicted molar refractivity (Wildman–Crippen MR) is 113 cm³/mol. The van der Waals surface area contributed by atoms with Crippen LogP contribution < -0.4 is 10.2 Å². The van der Waals surface area contributed by atoms with Crippen molar-refractivity contribution in [2.75, 3.05) is 18.0 Å². The van der Waals surface area contributed by atoms with Gasteiger partial charge in [-0.15, -0.1) is 0 Å². The lowest BCUT2D eigenvalue weighted by atomic mass is 10.1. The van der Waals surface area contributed by atoms with Crippen LogP contribution in [-0.4, -0.2) is 38.9 Å². The van der Waals surface area contributed by atoms with Crippen molar-refractivity contribution in [1.82, 2.24) is 25.3 Å². The van der Waals surface area contributed by atoms with Crippen molar-refractivity contribution >= 4 is 22.8 Å². The summed E-state index contributed by atoms with van der Waals surface area (Å²) >= 11 is 0. The van der Waals surface area contributed by atoms with Gasteiger partial charge in [0.05, 0.1) is 11.4 Å². The molecule has 29 heavy (non-hydrogen) atoms. The summed E-state index contributed by atoms with van der Waals surface area (Å²) in [5.41, 5.74) is 3.48. The Morgan fingerprint density at radius 3 is 2.66 bits per heavy atom. The Morgan fingerprint density at radius 2 is 1.93 bits per heavy atom. The second-order valence-corrected chi connectivity index (χ2v) is 7.68. The molecule has 1 N–H and O–H groups in total. The Balaban J connectivity index is 1.73. The predicted octanol–water partition coefficient (Wildman–Crippen LogP) is 3.52. The highest BCUT2D eigenvalue weighted by Crippen LogP contribution is 2.29. The van der Waals surface area contributed by atoms with E-state index < -0.39 is 0 Å². The average Bonchev–Trinajstić information content (AvgIpc) is 2.73. The lowest BCUT2D eigenvalue weighted by Gasteiger charge is -2.29. The summed E-state index contributed by atoms with van der Waals surface area (Å²) in [7, 11) is 0. The number of aryl methyl sites for hydroxylation is 2. The molecule has 4 heterocycles. The quantitative estimate of drug-likeness (QED) is 0.734. The molecule has 7 heteroatoms. The zero-order chi connectivity index (χ0) is 20.4. The maximum absolute atomic E-state index is 13.0. The molecule has 1 aliphatic rings. The van der Waals surface area contributed by atoms with Gasteiger partial charge >= 0.3 is 0 Å². The minimum Gasteiger partial charge on any atom is -0.356 e. The maximum Gasteiger partial charge on any atom is 0.289 e. The molecule has 1 saturated heterocycles. The Kier molecular flexibility index (Phi) is 5.38. The first-order valence-electron chi connectivity index (χ1n) is 10.1. The van der Waals surface area contributed by atoms with Crippen molar-refractivity contribution in [3.05, 3.63) is 53.2 Å². The topological polar surface area (TPSA) is 83.9 Å². The SMILES string of the molecule is Cc1cc(C)c2c(N3CCCCC3)nc(C(=O)N[C@@H](C)c3cccnc3)nc2n1. The van der Waals surface area contributed by atoms with E-state index in [1.54, 1.807) is 12.4 Å². The van der Waals surface area contributed by atoms with E-state index in [4.69, 9.17) is 4.98 Å². The lowest BCUT2D eigenvalue weighted by Crippen LogP contribution is -2.33. The van der Waals surface area contributed by atoms with Crippen LogP contribution >= 0.6 is 0 Å². The third kappa shape index (κ3) is 4.04. The van der Waals surface area contributed by atoms with Gasteiger partial charge in [-0.3, -0.25) is 9.78 Å². The Morgan fingerprint density at radius 1 is 1.14 bits per heavy atom. The van der Waals surface area contributed by atoms with E-state index in [1.165, 1.54) is 6.42 Å². The first-order valence-corrected chi connectivity index (χ1v) is 10.1. The molecule has 3 aromatic heterocycles. The van der Waals surface area contributed by atoms with E-state index in [-0.39, 0.29) is 17.8 Å². The molecule has 1 amide bonds. The Bertz CT molecular complexity index is 1030. The lowest BCUT2D eigenvalue weighted by molar-refractivity contribution is 0.0929. The second-order valence-electron chi connectivity index (χ2n) is 7.68. The molecule has 0 spiro atoms. The minimum atomic E-state index is -0.303. The van der Waals surface area contributed by atoms with Crippen LogP contribution in [0.5, 0.6) is 0 Å². The van der Waals surface area contributed by atoms with Crippen molar-refractivity contribution < 1.29 is 4.79 Å². The van der Waals surface area contributed by atoms with Crippen LogP contribution in [0.4, 0.5) is 5.82 Å². The molecule has 0 radical (unpaired) electrons. The fourth-order valence-electron chi connectivity index (χ4n) is 3.87. The smallest absolute Gasteiger partial charge is 0.289 e. The zero-order valence-corrected chi connectivity index (χ0v) is 17.1. The summed E-state index contributed by atoms with van der Waals surface area (Å²) in [6.07, 6.45) is 6.95. The zero-order valence-electron chi connectivity index (χ0n) is 17.1. The van der Waals surface area contributed by atoms with Crippen molar-refractivity contribution in [2.45, 2.75) is 46.1 Å². The molecular weight excluding hydrogens is 364 g/mol. The molecule has 7 nitrogen and oxygen atoms in total. The highest BCUT2D eigenvalue weighted by atomic mass is 16.2. The monoisotopic (exact) mass is 390 g/mol. The fourth-order valence-corrected chi connectivity index (χ4v) is 3.87. The fraction of sp³-hybridized carbons (Fsp3) is 0.409. The first-order chi connectivity index (χ1) is 14.0. The summed E-state index contributed by atoms with van der Waals surface area (Å²) in [6.45, 7) is 7.80. The second kappa shape index (κ2) is 8.11. The molecule has 1 atom stereocenters. The van der Waals surface area contributed by atoms with Crippen molar-refractivity contribution in [2.24, 2.45) is 0 Å². The van der Waals surface area contributed by atoms with Gasteiger partial charge in [0.25, 0.3) is 5.91 Å². The summed E-state index contributed by atoms with van der Waals surface area (Å²) in [6, 6.07) is 5.64. The number of fused-ring (bicyclic) bond motifs is 1. The van der Waals surface area contributed by atoms with Gasteiger partial charge in [-0.25, -0.2) is 15.0 Å². The first kappa shape index (κ1) is 19.2. The number of carbonyl (C=O) groups excluding carboxylic acids is 1. The third-order valence-corrected chi connectivity index (χ3v) is 5.36. The summed E-state index contributed by atoms with van der Waals surface area (Å²) < 4.78 is 0. The number of nitrogens with zero attached hydrogens (tertiary/aromatic N) is 5. The van der Waals surface area contributed by atoms with Crippen LogP contribution in [0.1, 0.15) is 59.7 Å². The van der Waals surface area contributed by atoms with Crippen LogP contribution in [-0.2, 0) is 0 Å². The molecule has 3 aromatic rings. The normalized spacial score (nSPS) is 15.3. The van der Waals surface area contributed by atoms with E-state index in [0.717, 1.165) is 54.0 Å². The van der Waals surface area contributed by atoms with Gasteiger partial charge in [0.1, 0.15) is 5.82 Å². The number of nitrogens with one attached hydrogen (secondary N) is 1. The molecule has 0 bridgehead atoms. The van der Waals surface area contributed by atoms with Crippen LogP contribution in [0, 0.1) is 13.8 Å². The summed E-state index contributed by atoms with van der Waals surface area (Å²) in [4.78, 5) is 33.2. The van der Waals surface area contributed by atoms with Gasteiger partial charge < -0.3 is 10.2 Å². The van der Waals surface area contributed by atoms with Crippen LogP contribution in [0.15, 0.2) is 30.6 Å². The number of rotatable bonds is 4. The maximum atomic E-state index is 13.0. The number of carbonyl (C=O) groups is 1. The van der Waals surface area contributed by atoms with Crippen molar-refractivity contribution in [1.29, 1.82) is 0 Å². The number of hydrogen-bond acceptors (Lipinski definition) is 6. The van der Waals surface area contributed by atoms with Gasteiger partial charge in [0.2, 0.25) is 5.82 Å². The van der Waals surface area contributed by atoms with Gasteiger partial charge in [-0.2, -0.15) is 0 Å². The van der Waals surface area contributed by atoms with E-state index in [9.17, 15) is 4.79 Å². The molecule has 0 unspecified atom stereocenters.